The summed E-state index contributed by atoms with van der Waals surface area (Å²) < 4.78 is 0. The minimum atomic E-state index is 0. The van der Waals surface area contributed by atoms with Crippen molar-refractivity contribution in [1.82, 2.24) is 0 Å². The molecule has 0 unspecified atom stereocenters. The van der Waals surface area contributed by atoms with E-state index in [4.69, 9.17) is 0 Å². The Morgan fingerprint density at radius 2 is 0.722 bits per heavy atom. The second-order valence-electron chi connectivity index (χ2n) is 4.71. The third kappa shape index (κ3) is 407. The summed E-state index contributed by atoms with van der Waals surface area (Å²) in [6.07, 6.45) is 4.56. The monoisotopic (exact) mass is 316 g/mol. The largest absolute Gasteiger partial charge is 2.00 e. The van der Waals surface area contributed by atoms with E-state index in [0.717, 1.165) is 12.8 Å². The molecule has 0 aromatic rings. The molecule has 0 aliphatic heterocycles. The summed E-state index contributed by atoms with van der Waals surface area (Å²) in [6, 6.07) is 0. The molecule has 0 nitrogen and oxygen atoms in total. The summed E-state index contributed by atoms with van der Waals surface area (Å²) >= 11 is 0. The van der Waals surface area contributed by atoms with Gasteiger partial charge in [-0.05, 0) is 0 Å². The van der Waals surface area contributed by atoms with E-state index >= 15 is 0 Å². The van der Waals surface area contributed by atoms with Crippen molar-refractivity contribution in [1.29, 1.82) is 0 Å². The van der Waals surface area contributed by atoms with E-state index in [0.29, 0.717) is 0 Å². The minimum absolute atomic E-state index is 0. The van der Waals surface area contributed by atoms with E-state index in [2.05, 4.69) is 69.2 Å². The van der Waals surface area contributed by atoms with Gasteiger partial charge >= 0.3 is 42.5 Å². The minimum Gasteiger partial charge on any atom is -0.343 e. The second kappa shape index (κ2) is 42.9. The molecule has 18 heavy (non-hydrogen) atoms. The van der Waals surface area contributed by atoms with E-state index < -0.39 is 0 Å². The first-order chi connectivity index (χ1) is 7.29. The molecule has 0 N–H and O–H groups in total. The zero-order chi connectivity index (χ0) is 14.0. The molecule has 2 heteroatoms. The van der Waals surface area contributed by atoms with Crippen LogP contribution in [0, 0.1) is 25.7 Å². The smallest absolute Gasteiger partial charge is 0.343 e. The Hall–Kier alpha value is 1.39. The van der Waals surface area contributed by atoms with E-state index in [1.165, 1.54) is 24.7 Å². The van der Waals surface area contributed by atoms with Crippen LogP contribution in [-0.4, -0.2) is 23.1 Å². The summed E-state index contributed by atoms with van der Waals surface area (Å²) in [5.41, 5.74) is 0. The SMILES string of the molecule is C[C-](C)C.C[C-](C)C.[CH2-]CCC.[CH2-]CCC.[Mg+2].[Zn+2]. The predicted octanol–water partition coefficient (Wildman–Crippen LogP) is 6.10. The Bertz CT molecular complexity index is 54.0. The number of hydrogen-bond acceptors (Lipinski definition) is 0. The fourth-order valence-corrected chi connectivity index (χ4v) is 0. The molecule has 0 atom stereocenters. The van der Waals surface area contributed by atoms with Crippen LogP contribution in [0.15, 0.2) is 0 Å². The Labute approximate surface area is 148 Å². The van der Waals surface area contributed by atoms with Crippen LogP contribution in [0.25, 0.3) is 0 Å². The molecule has 0 saturated heterocycles. The molecule has 0 saturated carbocycles. The molecule has 0 aromatic carbocycles. The molecule has 0 heterocycles. The van der Waals surface area contributed by atoms with Crippen LogP contribution >= 0.6 is 0 Å². The number of hydrogen-bond donors (Lipinski definition) is 0. The van der Waals surface area contributed by atoms with Gasteiger partial charge in [0.1, 0.15) is 0 Å². The van der Waals surface area contributed by atoms with Gasteiger partial charge in [-0.15, -0.1) is 0 Å². The van der Waals surface area contributed by atoms with Crippen molar-refractivity contribution in [3.8, 4) is 0 Å². The molecule has 0 amide bonds. The normalized spacial score (nSPS) is 7.33. The maximum Gasteiger partial charge on any atom is 2.00 e. The zero-order valence-corrected chi connectivity index (χ0v) is 19.0. The summed E-state index contributed by atoms with van der Waals surface area (Å²) in [4.78, 5) is 0. The van der Waals surface area contributed by atoms with E-state index in [1.807, 2.05) is 0 Å². The maximum absolute atomic E-state index is 3.60. The Kier molecular flexibility index (Phi) is 87.1. The van der Waals surface area contributed by atoms with Crippen molar-refractivity contribution in [2.45, 2.75) is 81.1 Å². The van der Waals surface area contributed by atoms with E-state index in [1.54, 1.807) is 0 Å². The van der Waals surface area contributed by atoms with Crippen molar-refractivity contribution in [3.05, 3.63) is 25.7 Å². The Morgan fingerprint density at radius 1 is 0.667 bits per heavy atom. The van der Waals surface area contributed by atoms with Gasteiger partial charge in [0.05, 0.1) is 0 Å². The van der Waals surface area contributed by atoms with Gasteiger partial charge in [-0.1, -0.05) is 26.7 Å². The van der Waals surface area contributed by atoms with Crippen LogP contribution in [-0.2, 0) is 19.5 Å². The molecular weight excluding hydrogens is 282 g/mol. The molecule has 0 aliphatic rings. The molecule has 0 radical (unpaired) electrons. The van der Waals surface area contributed by atoms with Gasteiger partial charge in [0, 0.05) is 0 Å². The fraction of sp³-hybridized carbons (Fsp3) is 0.750. The maximum atomic E-state index is 3.60. The van der Waals surface area contributed by atoms with Gasteiger partial charge in [0.25, 0.3) is 0 Å². The van der Waals surface area contributed by atoms with Gasteiger partial charge < -0.3 is 25.7 Å². The fourth-order valence-electron chi connectivity index (χ4n) is 0. The van der Waals surface area contributed by atoms with Crippen LogP contribution in [0.2, 0.25) is 0 Å². The van der Waals surface area contributed by atoms with Gasteiger partial charge in [-0.2, -0.15) is 54.4 Å². The first-order valence-corrected chi connectivity index (χ1v) is 6.41. The molecule has 0 bridgehead atoms. The van der Waals surface area contributed by atoms with E-state index in [9.17, 15) is 0 Å². The van der Waals surface area contributed by atoms with Gasteiger partial charge in [-0.3, -0.25) is 0 Å². The second-order valence-corrected chi connectivity index (χ2v) is 4.71. The van der Waals surface area contributed by atoms with Crippen LogP contribution in [0.3, 0.4) is 0 Å². The first kappa shape index (κ1) is 36.6. The third-order valence-corrected chi connectivity index (χ3v) is 0.707. The summed E-state index contributed by atoms with van der Waals surface area (Å²) in [7, 11) is 0. The predicted molar refractivity (Wildman–Crippen MR) is 86.8 cm³/mol. The third-order valence-electron chi connectivity index (χ3n) is 0.707. The van der Waals surface area contributed by atoms with Crippen molar-refractivity contribution < 1.29 is 19.5 Å². The van der Waals surface area contributed by atoms with Crippen LogP contribution in [0.5, 0.6) is 0 Å². The van der Waals surface area contributed by atoms with Crippen LogP contribution < -0.4 is 0 Å². The molecule has 0 spiro atoms. The molecule has 0 aliphatic carbocycles. The van der Waals surface area contributed by atoms with Crippen molar-refractivity contribution in [2.24, 2.45) is 0 Å². The molecule has 104 valence electrons. The Balaban J connectivity index is -0.0000000257. The summed E-state index contributed by atoms with van der Waals surface area (Å²) in [5, 5.41) is 0. The Morgan fingerprint density at radius 3 is 0.722 bits per heavy atom. The average molecular weight is 318 g/mol. The van der Waals surface area contributed by atoms with Gasteiger partial charge in [-0.25, -0.2) is 0 Å². The van der Waals surface area contributed by atoms with E-state index in [-0.39, 0.29) is 42.5 Å². The average Bonchev–Trinajstić information content (AvgIpc) is 2.16. The van der Waals surface area contributed by atoms with Crippen molar-refractivity contribution >= 4 is 23.1 Å². The topological polar surface area (TPSA) is 0 Å². The molecule has 0 rings (SSSR count). The molecule has 0 fully saturated rings. The standard InChI is InChI=1S/4C4H9.Mg.Zn/c2*1-4(2)3;2*1-3-4-2;;/h2*1-3H3;2*1,3-4H2,2H3;;/q4*-1;2*+2. The quantitative estimate of drug-likeness (QED) is 0.426. The zero-order valence-electron chi connectivity index (χ0n) is 14.7. The van der Waals surface area contributed by atoms with Gasteiger partial charge in [0.2, 0.25) is 0 Å². The number of unbranched alkanes of at least 4 members (excludes halogenated alkanes) is 2. The van der Waals surface area contributed by atoms with Crippen LogP contribution in [0.4, 0.5) is 0 Å². The molecular formula is C16H36MgZn. The molecule has 0 aromatic heterocycles. The number of rotatable bonds is 2. The summed E-state index contributed by atoms with van der Waals surface area (Å²) in [5.74, 6) is 2.83. The van der Waals surface area contributed by atoms with Crippen molar-refractivity contribution in [2.75, 3.05) is 0 Å². The van der Waals surface area contributed by atoms with Gasteiger partial charge in [0.15, 0.2) is 0 Å². The van der Waals surface area contributed by atoms with Crippen LogP contribution in [0.1, 0.15) is 81.1 Å². The first-order valence-electron chi connectivity index (χ1n) is 6.41. The summed E-state index contributed by atoms with van der Waals surface area (Å²) in [6.45, 7) is 23.9. The van der Waals surface area contributed by atoms with Crippen molar-refractivity contribution in [3.63, 3.8) is 0 Å².